The Hall–Kier alpha value is -2.89. The normalized spacial score (nSPS) is 11.7. The number of carboxylic acids is 1. The van der Waals surface area contributed by atoms with Gasteiger partial charge in [0.1, 0.15) is 5.69 Å². The SMILES string of the molecule is Cc1cccc(NC(C(=O)O)c2ccccc2)c1[N+](=O)[O-]. The summed E-state index contributed by atoms with van der Waals surface area (Å²) in [6.07, 6.45) is 0. The lowest BCUT2D eigenvalue weighted by molar-refractivity contribution is -0.384. The molecule has 0 saturated heterocycles. The van der Waals surface area contributed by atoms with Gasteiger partial charge in [-0.05, 0) is 18.6 Å². The van der Waals surface area contributed by atoms with E-state index in [0.717, 1.165) is 0 Å². The lowest BCUT2D eigenvalue weighted by Crippen LogP contribution is -2.21. The zero-order valence-corrected chi connectivity index (χ0v) is 11.3. The summed E-state index contributed by atoms with van der Waals surface area (Å²) in [6, 6.07) is 12.3. The Balaban J connectivity index is 2.41. The molecule has 0 heterocycles. The fourth-order valence-electron chi connectivity index (χ4n) is 2.11. The zero-order chi connectivity index (χ0) is 15.4. The molecule has 0 aliphatic heterocycles. The zero-order valence-electron chi connectivity index (χ0n) is 11.3. The molecule has 0 aliphatic carbocycles. The lowest BCUT2D eigenvalue weighted by atomic mass is 10.1. The molecule has 0 fully saturated rings. The van der Waals surface area contributed by atoms with Crippen LogP contribution in [0.2, 0.25) is 0 Å². The maximum absolute atomic E-state index is 11.4. The molecule has 0 amide bonds. The summed E-state index contributed by atoms with van der Waals surface area (Å²) in [7, 11) is 0. The van der Waals surface area contributed by atoms with Crippen LogP contribution in [0.3, 0.4) is 0 Å². The summed E-state index contributed by atoms with van der Waals surface area (Å²) < 4.78 is 0. The molecule has 6 heteroatoms. The summed E-state index contributed by atoms with van der Waals surface area (Å²) in [4.78, 5) is 22.1. The first-order valence-corrected chi connectivity index (χ1v) is 6.29. The van der Waals surface area contributed by atoms with Crippen LogP contribution in [0.5, 0.6) is 0 Å². The van der Waals surface area contributed by atoms with Crippen molar-refractivity contribution in [3.63, 3.8) is 0 Å². The second kappa shape index (κ2) is 6.04. The van der Waals surface area contributed by atoms with Gasteiger partial charge in [0.25, 0.3) is 5.69 Å². The van der Waals surface area contributed by atoms with Crippen molar-refractivity contribution in [2.75, 3.05) is 5.32 Å². The molecule has 0 aliphatic rings. The van der Waals surface area contributed by atoms with Crippen LogP contribution in [0.25, 0.3) is 0 Å². The molecule has 0 radical (unpaired) electrons. The Kier molecular flexibility index (Phi) is 4.18. The monoisotopic (exact) mass is 286 g/mol. The first-order chi connectivity index (χ1) is 10.0. The molecule has 2 aromatic carbocycles. The molecule has 2 N–H and O–H groups in total. The number of carbonyl (C=O) groups is 1. The molecule has 0 spiro atoms. The number of aliphatic carboxylic acids is 1. The molecule has 2 rings (SSSR count). The number of nitro benzene ring substituents is 1. The number of carboxylic acid groups (broad SMARTS) is 1. The summed E-state index contributed by atoms with van der Waals surface area (Å²) in [6.45, 7) is 1.61. The van der Waals surface area contributed by atoms with E-state index >= 15 is 0 Å². The number of hydrogen-bond donors (Lipinski definition) is 2. The van der Waals surface area contributed by atoms with Crippen molar-refractivity contribution < 1.29 is 14.8 Å². The number of para-hydroxylation sites is 1. The molecule has 1 unspecified atom stereocenters. The van der Waals surface area contributed by atoms with E-state index < -0.39 is 16.9 Å². The van der Waals surface area contributed by atoms with Crippen molar-refractivity contribution in [3.05, 3.63) is 69.8 Å². The molecular formula is C15H14N2O4. The van der Waals surface area contributed by atoms with Gasteiger partial charge in [0.2, 0.25) is 0 Å². The molecule has 21 heavy (non-hydrogen) atoms. The second-order valence-electron chi connectivity index (χ2n) is 4.55. The average Bonchev–Trinajstić information content (AvgIpc) is 2.45. The predicted molar refractivity (Wildman–Crippen MR) is 78.3 cm³/mol. The van der Waals surface area contributed by atoms with E-state index in [-0.39, 0.29) is 11.4 Å². The third-order valence-corrected chi connectivity index (χ3v) is 3.10. The molecule has 0 aromatic heterocycles. The second-order valence-corrected chi connectivity index (χ2v) is 4.55. The Morgan fingerprint density at radius 1 is 1.19 bits per heavy atom. The first kappa shape index (κ1) is 14.5. The average molecular weight is 286 g/mol. The topological polar surface area (TPSA) is 92.5 Å². The third-order valence-electron chi connectivity index (χ3n) is 3.10. The molecule has 108 valence electrons. The van der Waals surface area contributed by atoms with Gasteiger partial charge in [-0.3, -0.25) is 10.1 Å². The molecule has 0 saturated carbocycles. The van der Waals surface area contributed by atoms with Gasteiger partial charge in [-0.2, -0.15) is 0 Å². The number of aryl methyl sites for hydroxylation is 1. The lowest BCUT2D eigenvalue weighted by Gasteiger charge is -2.16. The maximum Gasteiger partial charge on any atom is 0.330 e. The van der Waals surface area contributed by atoms with E-state index in [1.54, 1.807) is 49.4 Å². The van der Waals surface area contributed by atoms with E-state index in [1.165, 1.54) is 6.07 Å². The Morgan fingerprint density at radius 3 is 2.43 bits per heavy atom. The van der Waals surface area contributed by atoms with Gasteiger partial charge >= 0.3 is 5.97 Å². The van der Waals surface area contributed by atoms with Crippen molar-refractivity contribution in [2.24, 2.45) is 0 Å². The number of nitrogens with one attached hydrogen (secondary N) is 1. The van der Waals surface area contributed by atoms with E-state index in [2.05, 4.69) is 5.32 Å². The quantitative estimate of drug-likeness (QED) is 0.650. The highest BCUT2D eigenvalue weighted by Crippen LogP contribution is 2.31. The van der Waals surface area contributed by atoms with Gasteiger partial charge in [0, 0.05) is 5.56 Å². The Bertz CT molecular complexity index is 671. The minimum atomic E-state index is -1.10. The predicted octanol–water partition coefficient (Wildman–Crippen LogP) is 3.14. The standard InChI is InChI=1S/C15H14N2O4/c1-10-6-5-9-12(14(10)17(20)21)16-13(15(18)19)11-7-3-2-4-8-11/h2-9,13,16H,1H3,(H,18,19). The highest BCUT2D eigenvalue weighted by molar-refractivity contribution is 5.81. The minimum absolute atomic E-state index is 0.111. The van der Waals surface area contributed by atoms with Gasteiger partial charge in [-0.1, -0.05) is 42.5 Å². The number of anilines is 1. The van der Waals surface area contributed by atoms with Crippen molar-refractivity contribution in [2.45, 2.75) is 13.0 Å². The summed E-state index contributed by atoms with van der Waals surface area (Å²) >= 11 is 0. The fraction of sp³-hybridized carbons (Fsp3) is 0.133. The van der Waals surface area contributed by atoms with Gasteiger partial charge in [-0.15, -0.1) is 0 Å². The van der Waals surface area contributed by atoms with Crippen LogP contribution in [-0.4, -0.2) is 16.0 Å². The van der Waals surface area contributed by atoms with Crippen LogP contribution in [0.15, 0.2) is 48.5 Å². The van der Waals surface area contributed by atoms with E-state index in [9.17, 15) is 20.0 Å². The van der Waals surface area contributed by atoms with E-state index in [1.807, 2.05) is 0 Å². The molecular weight excluding hydrogens is 272 g/mol. The van der Waals surface area contributed by atoms with Crippen LogP contribution < -0.4 is 5.32 Å². The molecule has 1 atom stereocenters. The van der Waals surface area contributed by atoms with Gasteiger partial charge < -0.3 is 10.4 Å². The molecule has 0 bridgehead atoms. The van der Waals surface area contributed by atoms with Crippen LogP contribution in [0.1, 0.15) is 17.2 Å². The number of nitro groups is 1. The number of hydrogen-bond acceptors (Lipinski definition) is 4. The molecule has 2 aromatic rings. The van der Waals surface area contributed by atoms with E-state index in [4.69, 9.17) is 0 Å². The Labute approximate surface area is 121 Å². The number of nitrogens with zero attached hydrogens (tertiary/aromatic N) is 1. The Morgan fingerprint density at radius 2 is 1.86 bits per heavy atom. The fourth-order valence-corrected chi connectivity index (χ4v) is 2.11. The largest absolute Gasteiger partial charge is 0.479 e. The highest BCUT2D eigenvalue weighted by atomic mass is 16.6. The van der Waals surface area contributed by atoms with Gasteiger partial charge in [-0.25, -0.2) is 4.79 Å². The number of benzene rings is 2. The summed E-state index contributed by atoms with van der Waals surface area (Å²) in [5, 5.41) is 23.2. The smallest absolute Gasteiger partial charge is 0.330 e. The minimum Gasteiger partial charge on any atom is -0.479 e. The van der Waals surface area contributed by atoms with Crippen LogP contribution >= 0.6 is 0 Å². The summed E-state index contributed by atoms with van der Waals surface area (Å²) in [5.74, 6) is -1.10. The van der Waals surface area contributed by atoms with Gasteiger partial charge in [0.05, 0.1) is 4.92 Å². The van der Waals surface area contributed by atoms with Crippen molar-refractivity contribution in [1.29, 1.82) is 0 Å². The third kappa shape index (κ3) is 3.17. The van der Waals surface area contributed by atoms with Crippen LogP contribution in [0, 0.1) is 17.0 Å². The molecule has 6 nitrogen and oxygen atoms in total. The maximum atomic E-state index is 11.4. The summed E-state index contributed by atoms with van der Waals surface area (Å²) in [5.41, 5.74) is 1.08. The van der Waals surface area contributed by atoms with Crippen molar-refractivity contribution in [1.82, 2.24) is 0 Å². The first-order valence-electron chi connectivity index (χ1n) is 6.29. The number of rotatable bonds is 5. The highest BCUT2D eigenvalue weighted by Gasteiger charge is 2.24. The van der Waals surface area contributed by atoms with Crippen molar-refractivity contribution >= 4 is 17.3 Å². The van der Waals surface area contributed by atoms with Gasteiger partial charge in [0.15, 0.2) is 6.04 Å². The van der Waals surface area contributed by atoms with Crippen LogP contribution in [-0.2, 0) is 4.79 Å². The van der Waals surface area contributed by atoms with E-state index in [0.29, 0.717) is 11.1 Å². The van der Waals surface area contributed by atoms with Crippen molar-refractivity contribution in [3.8, 4) is 0 Å². The van der Waals surface area contributed by atoms with Crippen LogP contribution in [0.4, 0.5) is 11.4 Å².